The Kier molecular flexibility index (Phi) is 3.77. The molecule has 0 atom stereocenters. The van der Waals surface area contributed by atoms with Gasteiger partial charge in [0.25, 0.3) is 0 Å². The highest BCUT2D eigenvalue weighted by Crippen LogP contribution is 2.33. The van der Waals surface area contributed by atoms with Gasteiger partial charge in [0.05, 0.1) is 12.8 Å². The molecule has 0 aromatic heterocycles. The normalized spacial score (nSPS) is 10.2. The van der Waals surface area contributed by atoms with Gasteiger partial charge >= 0.3 is 0 Å². The number of rotatable bonds is 3. The first-order chi connectivity index (χ1) is 8.60. The molecule has 94 valence electrons. The molecule has 0 spiro atoms. The van der Waals surface area contributed by atoms with E-state index >= 15 is 0 Å². The number of ether oxygens (including phenoxy) is 2. The Morgan fingerprint density at radius 1 is 1.06 bits per heavy atom. The van der Waals surface area contributed by atoms with Crippen LogP contribution in [0, 0.1) is 6.92 Å². The van der Waals surface area contributed by atoms with Crippen LogP contribution in [-0.2, 0) is 0 Å². The molecule has 0 fully saturated rings. The Morgan fingerprint density at radius 2 is 1.83 bits per heavy atom. The van der Waals surface area contributed by atoms with Gasteiger partial charge in [-0.3, -0.25) is 0 Å². The summed E-state index contributed by atoms with van der Waals surface area (Å²) in [5, 5.41) is 0. The Balaban J connectivity index is 2.33. The van der Waals surface area contributed by atoms with Gasteiger partial charge in [0, 0.05) is 10.5 Å². The van der Waals surface area contributed by atoms with Gasteiger partial charge in [0.1, 0.15) is 11.5 Å². The molecule has 0 heterocycles. The molecule has 0 saturated heterocycles. The second-order valence-electron chi connectivity index (χ2n) is 3.92. The van der Waals surface area contributed by atoms with E-state index < -0.39 is 0 Å². The molecule has 0 saturated carbocycles. The van der Waals surface area contributed by atoms with E-state index in [1.165, 1.54) is 0 Å². The fourth-order valence-corrected chi connectivity index (χ4v) is 2.05. The number of aryl methyl sites for hydroxylation is 1. The minimum Gasteiger partial charge on any atom is -0.497 e. The molecular weight excluding hydrogens is 294 g/mol. The van der Waals surface area contributed by atoms with Crippen molar-refractivity contribution in [1.82, 2.24) is 0 Å². The van der Waals surface area contributed by atoms with Crippen LogP contribution in [0.2, 0.25) is 0 Å². The van der Waals surface area contributed by atoms with Crippen LogP contribution < -0.4 is 15.2 Å². The molecule has 2 aromatic rings. The molecule has 0 aliphatic heterocycles. The Bertz CT molecular complexity index is 570. The lowest BCUT2D eigenvalue weighted by atomic mass is 10.2. The van der Waals surface area contributed by atoms with E-state index in [1.54, 1.807) is 25.3 Å². The number of nitrogen functional groups attached to an aromatic ring is 1. The van der Waals surface area contributed by atoms with Crippen LogP contribution in [0.25, 0.3) is 0 Å². The lowest BCUT2D eigenvalue weighted by Gasteiger charge is -2.12. The van der Waals surface area contributed by atoms with Gasteiger partial charge in [-0.15, -0.1) is 0 Å². The minimum atomic E-state index is 0.582. The zero-order valence-electron chi connectivity index (χ0n) is 10.2. The average molecular weight is 308 g/mol. The number of methoxy groups -OCH3 is 1. The summed E-state index contributed by atoms with van der Waals surface area (Å²) in [6, 6.07) is 11.2. The molecule has 0 bridgehead atoms. The summed E-state index contributed by atoms with van der Waals surface area (Å²) in [6.07, 6.45) is 0. The maximum Gasteiger partial charge on any atom is 0.154 e. The van der Waals surface area contributed by atoms with Crippen molar-refractivity contribution in [2.45, 2.75) is 6.92 Å². The minimum absolute atomic E-state index is 0.582. The number of anilines is 1. The molecule has 18 heavy (non-hydrogen) atoms. The van der Waals surface area contributed by atoms with Crippen LogP contribution >= 0.6 is 15.9 Å². The fraction of sp³-hybridized carbons (Fsp3) is 0.143. The highest BCUT2D eigenvalue weighted by Gasteiger charge is 2.06. The molecule has 0 aliphatic carbocycles. The molecule has 3 nitrogen and oxygen atoms in total. The molecule has 2 aromatic carbocycles. The van der Waals surface area contributed by atoms with E-state index in [4.69, 9.17) is 15.2 Å². The summed E-state index contributed by atoms with van der Waals surface area (Å²) in [6.45, 7) is 1.98. The molecule has 0 unspecified atom stereocenters. The third-order valence-electron chi connectivity index (χ3n) is 2.58. The highest BCUT2D eigenvalue weighted by molar-refractivity contribution is 9.10. The van der Waals surface area contributed by atoms with E-state index in [0.29, 0.717) is 17.2 Å². The Hall–Kier alpha value is -1.68. The summed E-state index contributed by atoms with van der Waals surface area (Å²) in [7, 11) is 1.61. The van der Waals surface area contributed by atoms with Crippen molar-refractivity contribution in [3.05, 3.63) is 46.4 Å². The van der Waals surface area contributed by atoms with Crippen molar-refractivity contribution in [2.24, 2.45) is 0 Å². The van der Waals surface area contributed by atoms with E-state index in [1.807, 2.05) is 25.1 Å². The van der Waals surface area contributed by atoms with Crippen molar-refractivity contribution < 1.29 is 9.47 Å². The zero-order valence-corrected chi connectivity index (χ0v) is 11.8. The summed E-state index contributed by atoms with van der Waals surface area (Å²) >= 11 is 3.42. The number of hydrogen-bond acceptors (Lipinski definition) is 3. The van der Waals surface area contributed by atoms with Gasteiger partial charge in [-0.1, -0.05) is 15.9 Å². The van der Waals surface area contributed by atoms with Crippen LogP contribution in [0.5, 0.6) is 17.2 Å². The van der Waals surface area contributed by atoms with Crippen molar-refractivity contribution >= 4 is 21.6 Å². The molecule has 0 radical (unpaired) electrons. The summed E-state index contributed by atoms with van der Waals surface area (Å²) in [4.78, 5) is 0. The van der Waals surface area contributed by atoms with Gasteiger partial charge in [0.2, 0.25) is 0 Å². The van der Waals surface area contributed by atoms with Crippen LogP contribution in [0.3, 0.4) is 0 Å². The van der Waals surface area contributed by atoms with Crippen molar-refractivity contribution in [1.29, 1.82) is 0 Å². The molecular formula is C14H14BrNO2. The molecule has 0 aliphatic rings. The molecule has 0 amide bonds. The van der Waals surface area contributed by atoms with E-state index in [9.17, 15) is 0 Å². The summed E-state index contributed by atoms with van der Waals surface area (Å²) < 4.78 is 12.0. The van der Waals surface area contributed by atoms with Gasteiger partial charge in [-0.2, -0.15) is 0 Å². The first-order valence-electron chi connectivity index (χ1n) is 5.47. The number of hydrogen-bond donors (Lipinski definition) is 1. The maximum atomic E-state index is 5.88. The van der Waals surface area contributed by atoms with Crippen LogP contribution in [-0.4, -0.2) is 7.11 Å². The maximum absolute atomic E-state index is 5.88. The predicted octanol–water partition coefficient (Wildman–Crippen LogP) is 4.14. The summed E-state index contributed by atoms with van der Waals surface area (Å²) in [5.74, 6) is 2.09. The number of benzene rings is 2. The van der Waals surface area contributed by atoms with Crippen LogP contribution in [0.15, 0.2) is 40.9 Å². The quantitative estimate of drug-likeness (QED) is 0.867. The van der Waals surface area contributed by atoms with E-state index in [-0.39, 0.29) is 0 Å². The first kappa shape index (κ1) is 12.8. The standard InChI is InChI=1S/C14H14BrNO2/c1-9-7-10(15)3-6-13(9)18-14-8-11(17-2)4-5-12(14)16/h3-8H,16H2,1-2H3. The van der Waals surface area contributed by atoms with Gasteiger partial charge in [-0.05, 0) is 42.8 Å². The predicted molar refractivity (Wildman–Crippen MR) is 76.4 cm³/mol. The van der Waals surface area contributed by atoms with Gasteiger partial charge in [0.15, 0.2) is 5.75 Å². The Morgan fingerprint density at radius 3 is 2.50 bits per heavy atom. The lowest BCUT2D eigenvalue weighted by molar-refractivity contribution is 0.409. The largest absolute Gasteiger partial charge is 0.497 e. The van der Waals surface area contributed by atoms with Crippen molar-refractivity contribution in [2.75, 3.05) is 12.8 Å². The zero-order chi connectivity index (χ0) is 13.1. The Labute approximate surface area is 115 Å². The number of nitrogens with two attached hydrogens (primary N) is 1. The van der Waals surface area contributed by atoms with E-state index in [2.05, 4.69) is 15.9 Å². The van der Waals surface area contributed by atoms with Crippen molar-refractivity contribution in [3.8, 4) is 17.2 Å². The van der Waals surface area contributed by atoms with E-state index in [0.717, 1.165) is 15.8 Å². The molecule has 2 N–H and O–H groups in total. The fourth-order valence-electron chi connectivity index (χ4n) is 1.58. The second-order valence-corrected chi connectivity index (χ2v) is 4.83. The van der Waals surface area contributed by atoms with Crippen molar-refractivity contribution in [3.63, 3.8) is 0 Å². The third kappa shape index (κ3) is 2.76. The number of halogens is 1. The highest BCUT2D eigenvalue weighted by atomic mass is 79.9. The topological polar surface area (TPSA) is 44.5 Å². The van der Waals surface area contributed by atoms with Crippen LogP contribution in [0.1, 0.15) is 5.56 Å². The monoisotopic (exact) mass is 307 g/mol. The smallest absolute Gasteiger partial charge is 0.154 e. The average Bonchev–Trinajstić information content (AvgIpc) is 2.35. The van der Waals surface area contributed by atoms with Gasteiger partial charge < -0.3 is 15.2 Å². The third-order valence-corrected chi connectivity index (χ3v) is 3.07. The second kappa shape index (κ2) is 5.31. The molecule has 4 heteroatoms. The lowest BCUT2D eigenvalue weighted by Crippen LogP contribution is -1.94. The van der Waals surface area contributed by atoms with Gasteiger partial charge in [-0.25, -0.2) is 0 Å². The van der Waals surface area contributed by atoms with Crippen LogP contribution in [0.4, 0.5) is 5.69 Å². The molecule has 2 rings (SSSR count). The summed E-state index contributed by atoms with van der Waals surface area (Å²) in [5.41, 5.74) is 7.50. The first-order valence-corrected chi connectivity index (χ1v) is 6.27. The SMILES string of the molecule is COc1ccc(N)c(Oc2ccc(Br)cc2C)c1.